The van der Waals surface area contributed by atoms with Crippen molar-refractivity contribution in [3.63, 3.8) is 0 Å². The van der Waals surface area contributed by atoms with E-state index >= 15 is 0 Å². The third-order valence-corrected chi connectivity index (χ3v) is 6.72. The van der Waals surface area contributed by atoms with Gasteiger partial charge in [0.15, 0.2) is 0 Å². The Hall–Kier alpha value is -3.95. The van der Waals surface area contributed by atoms with E-state index in [4.69, 9.17) is 27.3 Å². The van der Waals surface area contributed by atoms with Gasteiger partial charge in [0.1, 0.15) is 5.82 Å². The maximum Gasteiger partial charge on any atom is 0.250 e. The van der Waals surface area contributed by atoms with Gasteiger partial charge in [-0.2, -0.15) is 4.98 Å². The molecule has 3 heterocycles. The first kappa shape index (κ1) is 24.7. The Morgan fingerprint density at radius 3 is 2.54 bits per heavy atom. The van der Waals surface area contributed by atoms with Crippen LogP contribution in [0.4, 0.5) is 11.8 Å². The van der Waals surface area contributed by atoms with E-state index in [9.17, 15) is 9.59 Å². The third-order valence-electron chi connectivity index (χ3n) is 6.49. The summed E-state index contributed by atoms with van der Waals surface area (Å²) in [5.74, 6) is 1.03. The van der Waals surface area contributed by atoms with Crippen molar-refractivity contribution in [3.05, 3.63) is 81.7 Å². The van der Waals surface area contributed by atoms with Crippen molar-refractivity contribution < 1.29 is 4.79 Å². The van der Waals surface area contributed by atoms with Crippen LogP contribution < -0.4 is 21.5 Å². The fraction of sp³-hybridized carbons (Fsp3) is 0.259. The van der Waals surface area contributed by atoms with Gasteiger partial charge < -0.3 is 20.5 Å². The van der Waals surface area contributed by atoms with Gasteiger partial charge in [-0.3, -0.25) is 14.5 Å². The number of benzene rings is 2. The van der Waals surface area contributed by atoms with Gasteiger partial charge in [0.2, 0.25) is 17.4 Å². The molecule has 2 aromatic carbocycles. The first-order valence-corrected chi connectivity index (χ1v) is 12.5. The van der Waals surface area contributed by atoms with Crippen LogP contribution in [0.1, 0.15) is 5.56 Å². The number of amides is 1. The number of nitrogens with zero attached hydrogens (tertiary/aromatic N) is 5. The second kappa shape index (κ2) is 10.6. The van der Waals surface area contributed by atoms with Crippen LogP contribution in [0.5, 0.6) is 0 Å². The smallest absolute Gasteiger partial charge is 0.250 e. The van der Waals surface area contributed by atoms with Crippen molar-refractivity contribution in [2.75, 3.05) is 42.9 Å². The average Bonchev–Trinajstić information content (AvgIpc) is 2.88. The first-order chi connectivity index (χ1) is 17.9. The molecule has 5 rings (SSSR count). The standard InChI is InChI=1S/C27H28ClN7O2/c1-33-16-20(6-8-25(33)37)19-5-7-23-22(14-19)26(30-15-18-3-2-4-21(28)13-18)32-27(31-23)35-11-9-34(10-12-35)17-24(29)36/h2-8,13-14,16H,9-12,15,17H2,1H3,(H2,29,36)(H,30,31,32). The van der Waals surface area contributed by atoms with E-state index in [0.717, 1.165) is 27.6 Å². The molecular weight excluding hydrogens is 490 g/mol. The van der Waals surface area contributed by atoms with Crippen molar-refractivity contribution in [2.24, 2.45) is 12.8 Å². The van der Waals surface area contributed by atoms with Gasteiger partial charge >= 0.3 is 0 Å². The highest BCUT2D eigenvalue weighted by atomic mass is 35.5. The van der Waals surface area contributed by atoms with Gasteiger partial charge in [-0.15, -0.1) is 0 Å². The van der Waals surface area contributed by atoms with Crippen molar-refractivity contribution in [1.29, 1.82) is 0 Å². The maximum absolute atomic E-state index is 11.9. The zero-order valence-electron chi connectivity index (χ0n) is 20.5. The summed E-state index contributed by atoms with van der Waals surface area (Å²) in [7, 11) is 1.74. The molecule has 190 valence electrons. The molecule has 37 heavy (non-hydrogen) atoms. The summed E-state index contributed by atoms with van der Waals surface area (Å²) in [5.41, 5.74) is 9.04. The normalized spacial score (nSPS) is 14.2. The molecule has 0 atom stereocenters. The second-order valence-corrected chi connectivity index (χ2v) is 9.62. The highest BCUT2D eigenvalue weighted by Crippen LogP contribution is 2.29. The zero-order chi connectivity index (χ0) is 25.9. The summed E-state index contributed by atoms with van der Waals surface area (Å²) in [6.45, 7) is 3.61. The lowest BCUT2D eigenvalue weighted by Gasteiger charge is -2.34. The molecule has 10 heteroatoms. The Bertz CT molecular complexity index is 1510. The molecule has 2 aromatic heterocycles. The Morgan fingerprint density at radius 2 is 1.81 bits per heavy atom. The minimum Gasteiger partial charge on any atom is -0.369 e. The van der Waals surface area contributed by atoms with Gasteiger partial charge in [-0.1, -0.05) is 29.8 Å². The predicted octanol–water partition coefficient (Wildman–Crippen LogP) is 2.87. The monoisotopic (exact) mass is 517 g/mol. The molecule has 0 aliphatic carbocycles. The van der Waals surface area contributed by atoms with Crippen molar-refractivity contribution in [3.8, 4) is 11.1 Å². The largest absolute Gasteiger partial charge is 0.369 e. The van der Waals surface area contributed by atoms with Crippen LogP contribution in [0, 0.1) is 0 Å². The van der Waals surface area contributed by atoms with Crippen LogP contribution >= 0.6 is 11.6 Å². The Balaban J connectivity index is 1.50. The van der Waals surface area contributed by atoms with Crippen LogP contribution in [-0.4, -0.2) is 58.1 Å². The van der Waals surface area contributed by atoms with Crippen LogP contribution in [-0.2, 0) is 18.4 Å². The zero-order valence-corrected chi connectivity index (χ0v) is 21.3. The fourth-order valence-corrected chi connectivity index (χ4v) is 4.71. The van der Waals surface area contributed by atoms with Crippen molar-refractivity contribution >= 4 is 40.2 Å². The average molecular weight is 518 g/mol. The molecule has 0 bridgehead atoms. The molecule has 1 saturated heterocycles. The lowest BCUT2D eigenvalue weighted by atomic mass is 10.0. The van der Waals surface area contributed by atoms with E-state index in [0.29, 0.717) is 49.5 Å². The van der Waals surface area contributed by atoms with Crippen LogP contribution in [0.2, 0.25) is 5.02 Å². The lowest BCUT2D eigenvalue weighted by molar-refractivity contribution is -0.119. The van der Waals surface area contributed by atoms with Gasteiger partial charge in [-0.25, -0.2) is 4.98 Å². The van der Waals surface area contributed by atoms with Crippen LogP contribution in [0.25, 0.3) is 22.0 Å². The summed E-state index contributed by atoms with van der Waals surface area (Å²) < 4.78 is 1.56. The lowest BCUT2D eigenvalue weighted by Crippen LogP contribution is -2.49. The Morgan fingerprint density at radius 1 is 1.03 bits per heavy atom. The molecule has 1 amide bonds. The molecule has 1 aliphatic rings. The fourth-order valence-electron chi connectivity index (χ4n) is 4.50. The number of carbonyl (C=O) groups is 1. The molecule has 0 spiro atoms. The van der Waals surface area contributed by atoms with Crippen LogP contribution in [0.15, 0.2) is 65.6 Å². The molecular formula is C27H28ClN7O2. The molecule has 9 nitrogen and oxygen atoms in total. The number of aryl methyl sites for hydroxylation is 1. The molecule has 3 N–H and O–H groups in total. The predicted molar refractivity (Wildman–Crippen MR) is 147 cm³/mol. The third kappa shape index (κ3) is 5.73. The summed E-state index contributed by atoms with van der Waals surface area (Å²) in [5, 5.41) is 5.04. The highest BCUT2D eigenvalue weighted by molar-refractivity contribution is 6.30. The number of halogens is 1. The number of piperazine rings is 1. The maximum atomic E-state index is 11.9. The van der Waals surface area contributed by atoms with Gasteiger partial charge in [0, 0.05) is 62.4 Å². The van der Waals surface area contributed by atoms with Crippen molar-refractivity contribution in [1.82, 2.24) is 19.4 Å². The molecule has 1 fully saturated rings. The SMILES string of the molecule is Cn1cc(-c2ccc3nc(N4CCN(CC(N)=O)CC4)nc(NCc4cccc(Cl)c4)c3c2)ccc1=O. The number of fused-ring (bicyclic) bond motifs is 1. The molecule has 0 saturated carbocycles. The molecule has 0 unspecified atom stereocenters. The quantitative estimate of drug-likeness (QED) is 0.388. The number of carbonyl (C=O) groups excluding carboxylic acids is 1. The molecule has 0 radical (unpaired) electrons. The second-order valence-electron chi connectivity index (χ2n) is 9.18. The molecule has 4 aromatic rings. The minimum absolute atomic E-state index is 0.0580. The number of pyridine rings is 1. The van der Waals surface area contributed by atoms with Gasteiger partial charge in [0.25, 0.3) is 0 Å². The van der Waals surface area contributed by atoms with Gasteiger partial charge in [-0.05, 0) is 47.0 Å². The summed E-state index contributed by atoms with van der Waals surface area (Å²) in [4.78, 5) is 37.1. The Kier molecular flexibility index (Phi) is 7.07. The number of aromatic nitrogens is 3. The first-order valence-electron chi connectivity index (χ1n) is 12.1. The van der Waals surface area contributed by atoms with E-state index in [1.807, 2.05) is 59.6 Å². The topological polar surface area (TPSA) is 109 Å². The van der Waals surface area contributed by atoms with Crippen molar-refractivity contribution in [2.45, 2.75) is 6.54 Å². The summed E-state index contributed by atoms with van der Waals surface area (Å²) in [6.07, 6.45) is 1.82. The highest BCUT2D eigenvalue weighted by Gasteiger charge is 2.21. The number of hydrogen-bond donors (Lipinski definition) is 2. The number of nitrogens with one attached hydrogen (secondary N) is 1. The number of rotatable bonds is 7. The number of primary amides is 1. The van der Waals surface area contributed by atoms with E-state index in [2.05, 4.69) is 10.2 Å². The van der Waals surface area contributed by atoms with E-state index in [-0.39, 0.29) is 18.0 Å². The van der Waals surface area contributed by atoms with E-state index in [1.54, 1.807) is 17.7 Å². The minimum atomic E-state index is -0.322. The number of hydrogen-bond acceptors (Lipinski definition) is 7. The van der Waals surface area contributed by atoms with E-state index in [1.165, 1.54) is 0 Å². The summed E-state index contributed by atoms with van der Waals surface area (Å²) >= 11 is 6.19. The van der Waals surface area contributed by atoms with Crippen LogP contribution in [0.3, 0.4) is 0 Å². The number of nitrogens with two attached hydrogens (primary N) is 1. The summed E-state index contributed by atoms with van der Waals surface area (Å²) in [6, 6.07) is 17.1. The van der Waals surface area contributed by atoms with E-state index < -0.39 is 0 Å². The number of anilines is 2. The Labute approximate surface area is 219 Å². The van der Waals surface area contributed by atoms with Gasteiger partial charge in [0.05, 0.1) is 12.1 Å². The molecule has 1 aliphatic heterocycles.